The quantitative estimate of drug-likeness (QED) is 0.805. The molecule has 1 aromatic rings. The molecule has 7 heteroatoms. The Bertz CT molecular complexity index is 375. The fourth-order valence-electron chi connectivity index (χ4n) is 2.30. The summed E-state index contributed by atoms with van der Waals surface area (Å²) in [4.78, 5) is 12.0. The van der Waals surface area contributed by atoms with E-state index in [2.05, 4.69) is 32.9 Å². The van der Waals surface area contributed by atoms with Crippen LogP contribution in [0.1, 0.15) is 57.3 Å². The average Bonchev–Trinajstić information content (AvgIpc) is 2.93. The second-order valence-electron chi connectivity index (χ2n) is 4.87. The van der Waals surface area contributed by atoms with Gasteiger partial charge in [0.2, 0.25) is 5.91 Å². The Hall–Kier alpha value is -1.50. The van der Waals surface area contributed by atoms with Gasteiger partial charge >= 0.3 is 0 Å². The Morgan fingerprint density at radius 2 is 2.47 bits per heavy atom. The van der Waals surface area contributed by atoms with E-state index in [1.807, 2.05) is 0 Å². The van der Waals surface area contributed by atoms with E-state index in [1.54, 1.807) is 0 Å². The van der Waals surface area contributed by atoms with Gasteiger partial charge in [-0.15, -0.1) is 10.2 Å². The van der Waals surface area contributed by atoms with E-state index in [0.717, 1.165) is 38.7 Å². The number of hydrogen-bond donors (Lipinski definition) is 2. The highest BCUT2D eigenvalue weighted by atomic mass is 16.5. The first-order chi connectivity index (χ1) is 9.29. The predicted octanol–water partition coefficient (Wildman–Crippen LogP) is 1.12. The number of ether oxygens (including phenoxy) is 1. The van der Waals surface area contributed by atoms with Crippen LogP contribution < -0.4 is 5.32 Å². The van der Waals surface area contributed by atoms with Crippen molar-refractivity contribution in [3.05, 3.63) is 5.82 Å². The van der Waals surface area contributed by atoms with Crippen molar-refractivity contribution in [2.24, 2.45) is 0 Å². The number of carbonyl (C=O) groups excluding carboxylic acids is 1. The lowest BCUT2D eigenvalue weighted by Gasteiger charge is -2.23. The molecule has 2 N–H and O–H groups in total. The van der Waals surface area contributed by atoms with E-state index in [-0.39, 0.29) is 18.1 Å². The van der Waals surface area contributed by atoms with Crippen LogP contribution in [0, 0.1) is 0 Å². The molecule has 0 radical (unpaired) electrons. The average molecular weight is 267 g/mol. The molecule has 0 saturated carbocycles. The third-order valence-electron chi connectivity index (χ3n) is 3.27. The second kappa shape index (κ2) is 7.18. The van der Waals surface area contributed by atoms with Crippen molar-refractivity contribution in [2.75, 3.05) is 6.61 Å². The zero-order valence-electron chi connectivity index (χ0n) is 11.3. The number of nitrogens with zero attached hydrogens (tertiary/aromatic N) is 3. The number of rotatable bonds is 6. The summed E-state index contributed by atoms with van der Waals surface area (Å²) in [6.45, 7) is 2.82. The topological polar surface area (TPSA) is 92.8 Å². The molecule has 1 saturated heterocycles. The third-order valence-corrected chi connectivity index (χ3v) is 3.27. The lowest BCUT2D eigenvalue weighted by atomic mass is 10.1. The van der Waals surface area contributed by atoms with Crippen molar-refractivity contribution in [3.63, 3.8) is 0 Å². The molecule has 1 aliphatic heterocycles. The zero-order chi connectivity index (χ0) is 13.5. The van der Waals surface area contributed by atoms with E-state index in [0.29, 0.717) is 12.2 Å². The number of tetrazole rings is 1. The number of aromatic nitrogens is 4. The van der Waals surface area contributed by atoms with Crippen LogP contribution in [-0.4, -0.2) is 39.2 Å². The standard InChI is InChI=1S/C12H21N5O2/c1-2-5-10(12-14-16-17-15-12)13-11(18)8-9-6-3-4-7-19-9/h9-10H,2-8H2,1H3,(H,13,18)(H,14,15,16,17)/t9-,10+/m1/s1. The lowest BCUT2D eigenvalue weighted by Crippen LogP contribution is -2.33. The number of nitrogens with one attached hydrogen (secondary N) is 2. The molecule has 1 fully saturated rings. The molecule has 106 valence electrons. The van der Waals surface area contributed by atoms with E-state index in [4.69, 9.17) is 4.74 Å². The molecular weight excluding hydrogens is 246 g/mol. The van der Waals surface area contributed by atoms with Crippen molar-refractivity contribution < 1.29 is 9.53 Å². The summed E-state index contributed by atoms with van der Waals surface area (Å²) < 4.78 is 5.57. The van der Waals surface area contributed by atoms with Crippen LogP contribution in [0.25, 0.3) is 0 Å². The Labute approximate surface area is 112 Å². The Morgan fingerprint density at radius 1 is 1.58 bits per heavy atom. The van der Waals surface area contributed by atoms with Gasteiger partial charge in [-0.05, 0) is 25.7 Å². The van der Waals surface area contributed by atoms with Crippen LogP contribution in [0.4, 0.5) is 0 Å². The van der Waals surface area contributed by atoms with Gasteiger partial charge in [-0.1, -0.05) is 18.6 Å². The minimum atomic E-state index is -0.167. The van der Waals surface area contributed by atoms with Gasteiger partial charge in [0.25, 0.3) is 0 Å². The summed E-state index contributed by atoms with van der Waals surface area (Å²) in [5.74, 6) is 0.537. The fourth-order valence-corrected chi connectivity index (χ4v) is 2.30. The summed E-state index contributed by atoms with van der Waals surface area (Å²) in [6, 6.07) is -0.167. The van der Waals surface area contributed by atoms with Gasteiger partial charge in [-0.25, -0.2) is 0 Å². The van der Waals surface area contributed by atoms with Crippen LogP contribution in [0.3, 0.4) is 0 Å². The van der Waals surface area contributed by atoms with Crippen LogP contribution in [0.15, 0.2) is 0 Å². The van der Waals surface area contributed by atoms with E-state index < -0.39 is 0 Å². The SMILES string of the molecule is CCC[C@H](NC(=O)C[C@H]1CCCCO1)c1nn[nH]n1. The predicted molar refractivity (Wildman–Crippen MR) is 68.2 cm³/mol. The van der Waals surface area contributed by atoms with Crippen molar-refractivity contribution >= 4 is 5.91 Å². The highest BCUT2D eigenvalue weighted by Crippen LogP contribution is 2.17. The van der Waals surface area contributed by atoms with Crippen LogP contribution in [0.5, 0.6) is 0 Å². The molecule has 0 spiro atoms. The van der Waals surface area contributed by atoms with Gasteiger partial charge < -0.3 is 10.1 Å². The molecule has 0 aliphatic carbocycles. The molecule has 0 aromatic carbocycles. The van der Waals surface area contributed by atoms with Gasteiger partial charge in [0.1, 0.15) is 0 Å². The minimum absolute atomic E-state index is 0.00449. The first-order valence-electron chi connectivity index (χ1n) is 6.94. The van der Waals surface area contributed by atoms with E-state index in [1.165, 1.54) is 0 Å². The smallest absolute Gasteiger partial charge is 0.223 e. The summed E-state index contributed by atoms with van der Waals surface area (Å²) in [7, 11) is 0. The molecule has 2 atom stereocenters. The van der Waals surface area contributed by atoms with Gasteiger partial charge in [0, 0.05) is 6.61 Å². The first-order valence-corrected chi connectivity index (χ1v) is 6.94. The molecule has 0 bridgehead atoms. The maximum atomic E-state index is 12.0. The van der Waals surface area contributed by atoms with Crippen molar-refractivity contribution in [3.8, 4) is 0 Å². The minimum Gasteiger partial charge on any atom is -0.378 e. The molecule has 7 nitrogen and oxygen atoms in total. The van der Waals surface area contributed by atoms with E-state index in [9.17, 15) is 4.79 Å². The van der Waals surface area contributed by atoms with Crippen molar-refractivity contribution in [1.82, 2.24) is 25.9 Å². The maximum Gasteiger partial charge on any atom is 0.223 e. The van der Waals surface area contributed by atoms with Gasteiger partial charge in [-0.2, -0.15) is 5.21 Å². The molecule has 1 aliphatic rings. The summed E-state index contributed by atoms with van der Waals surface area (Å²) in [5, 5.41) is 16.8. The number of amides is 1. The molecule has 2 rings (SSSR count). The molecule has 0 unspecified atom stereocenters. The molecular formula is C12H21N5O2. The number of carbonyl (C=O) groups is 1. The maximum absolute atomic E-state index is 12.0. The Balaban J connectivity index is 1.84. The normalized spacial score (nSPS) is 21.0. The monoisotopic (exact) mass is 267 g/mol. The number of aromatic amines is 1. The highest BCUT2D eigenvalue weighted by Gasteiger charge is 2.22. The zero-order valence-corrected chi connectivity index (χ0v) is 11.3. The molecule has 1 aromatic heterocycles. The van der Waals surface area contributed by atoms with Crippen LogP contribution in [0.2, 0.25) is 0 Å². The summed E-state index contributed by atoms with van der Waals surface area (Å²) in [5.41, 5.74) is 0. The Morgan fingerprint density at radius 3 is 3.11 bits per heavy atom. The summed E-state index contributed by atoms with van der Waals surface area (Å²) in [6.07, 6.45) is 5.42. The molecule has 19 heavy (non-hydrogen) atoms. The van der Waals surface area contributed by atoms with Crippen molar-refractivity contribution in [2.45, 2.75) is 57.6 Å². The lowest BCUT2D eigenvalue weighted by molar-refractivity contribution is -0.125. The molecule has 2 heterocycles. The number of H-pyrrole nitrogens is 1. The third kappa shape index (κ3) is 4.27. The van der Waals surface area contributed by atoms with Gasteiger partial charge in [0.05, 0.1) is 18.6 Å². The largest absolute Gasteiger partial charge is 0.378 e. The number of hydrogen-bond acceptors (Lipinski definition) is 5. The summed E-state index contributed by atoms with van der Waals surface area (Å²) >= 11 is 0. The fraction of sp³-hybridized carbons (Fsp3) is 0.833. The van der Waals surface area contributed by atoms with Gasteiger partial charge in [-0.3, -0.25) is 4.79 Å². The van der Waals surface area contributed by atoms with Gasteiger partial charge in [0.15, 0.2) is 5.82 Å². The molecule has 1 amide bonds. The highest BCUT2D eigenvalue weighted by molar-refractivity contribution is 5.76. The first kappa shape index (κ1) is 13.9. The van der Waals surface area contributed by atoms with E-state index >= 15 is 0 Å². The van der Waals surface area contributed by atoms with Crippen molar-refractivity contribution in [1.29, 1.82) is 0 Å². The van der Waals surface area contributed by atoms with Crippen LogP contribution >= 0.6 is 0 Å². The van der Waals surface area contributed by atoms with Crippen LogP contribution in [-0.2, 0) is 9.53 Å². The second-order valence-corrected chi connectivity index (χ2v) is 4.87. The Kier molecular flexibility index (Phi) is 5.26.